The van der Waals surface area contributed by atoms with Crippen molar-refractivity contribution in [1.82, 2.24) is 4.90 Å². The van der Waals surface area contributed by atoms with Crippen molar-refractivity contribution < 1.29 is 14.3 Å². The zero-order valence-electron chi connectivity index (χ0n) is 18.6. The van der Waals surface area contributed by atoms with Gasteiger partial charge in [-0.15, -0.1) is 0 Å². The molecule has 1 saturated heterocycles. The minimum Gasteiger partial charge on any atom is -0.490 e. The van der Waals surface area contributed by atoms with Gasteiger partial charge in [0.05, 0.1) is 19.6 Å². The molecule has 0 radical (unpaired) electrons. The van der Waals surface area contributed by atoms with Crippen molar-refractivity contribution >= 4 is 33.2 Å². The third kappa shape index (κ3) is 6.37. The second-order valence-electron chi connectivity index (χ2n) is 7.45. The van der Waals surface area contributed by atoms with E-state index in [4.69, 9.17) is 9.47 Å². The molecule has 0 saturated carbocycles. The van der Waals surface area contributed by atoms with Gasteiger partial charge in [-0.2, -0.15) is 0 Å². The first-order valence-electron chi connectivity index (χ1n) is 11.0. The number of ether oxygens (including phenoxy) is 2. The molecule has 0 aliphatic carbocycles. The molecular formula is C24H32BrN3O3. The highest BCUT2D eigenvalue weighted by Gasteiger charge is 2.16. The summed E-state index contributed by atoms with van der Waals surface area (Å²) in [5.41, 5.74) is 2.85. The maximum Gasteiger partial charge on any atom is 0.228 e. The molecular weight excluding hydrogens is 458 g/mol. The van der Waals surface area contributed by atoms with Crippen LogP contribution in [-0.2, 0) is 11.2 Å². The lowest BCUT2D eigenvalue weighted by Crippen LogP contribution is -2.46. The van der Waals surface area contributed by atoms with Crippen molar-refractivity contribution in [1.29, 1.82) is 0 Å². The van der Waals surface area contributed by atoms with Gasteiger partial charge < -0.3 is 24.6 Å². The van der Waals surface area contributed by atoms with Gasteiger partial charge in [0, 0.05) is 42.0 Å². The monoisotopic (exact) mass is 489 g/mol. The topological polar surface area (TPSA) is 54.0 Å². The number of carbonyl (C=O) groups excluding carboxylic acids is 1. The predicted molar refractivity (Wildman–Crippen MR) is 130 cm³/mol. The number of nitrogens with zero attached hydrogens (tertiary/aromatic N) is 2. The number of carbonyl (C=O) groups is 1. The van der Waals surface area contributed by atoms with Gasteiger partial charge in [0.1, 0.15) is 0 Å². The highest BCUT2D eigenvalue weighted by molar-refractivity contribution is 9.10. The highest BCUT2D eigenvalue weighted by atomic mass is 79.9. The van der Waals surface area contributed by atoms with Crippen molar-refractivity contribution in [3.63, 3.8) is 0 Å². The summed E-state index contributed by atoms with van der Waals surface area (Å²) in [7, 11) is 0. The van der Waals surface area contributed by atoms with Crippen LogP contribution in [0.4, 0.5) is 11.4 Å². The van der Waals surface area contributed by atoms with Crippen LogP contribution in [0.1, 0.15) is 26.3 Å². The van der Waals surface area contributed by atoms with E-state index in [0.717, 1.165) is 48.4 Å². The van der Waals surface area contributed by atoms with Crippen molar-refractivity contribution in [2.45, 2.75) is 27.2 Å². The van der Waals surface area contributed by atoms with Crippen LogP contribution in [0.3, 0.4) is 0 Å². The quantitative estimate of drug-likeness (QED) is 0.558. The van der Waals surface area contributed by atoms with E-state index >= 15 is 0 Å². The van der Waals surface area contributed by atoms with Gasteiger partial charge in [0.15, 0.2) is 11.5 Å². The van der Waals surface area contributed by atoms with Crippen molar-refractivity contribution in [3.05, 3.63) is 46.4 Å². The molecule has 0 spiro atoms. The minimum atomic E-state index is -0.0726. The third-order valence-electron chi connectivity index (χ3n) is 5.40. The van der Waals surface area contributed by atoms with Crippen LogP contribution >= 0.6 is 15.9 Å². The van der Waals surface area contributed by atoms with Crippen LogP contribution < -0.4 is 19.7 Å². The molecule has 0 unspecified atom stereocenters. The van der Waals surface area contributed by atoms with Gasteiger partial charge >= 0.3 is 0 Å². The second-order valence-corrected chi connectivity index (χ2v) is 8.30. The number of piperazine rings is 1. The molecule has 1 N–H and O–H groups in total. The van der Waals surface area contributed by atoms with Gasteiger partial charge in [-0.25, -0.2) is 0 Å². The Morgan fingerprint density at radius 2 is 1.58 bits per heavy atom. The zero-order valence-corrected chi connectivity index (χ0v) is 20.2. The van der Waals surface area contributed by atoms with Crippen LogP contribution in [-0.4, -0.2) is 56.7 Å². The first-order valence-corrected chi connectivity index (χ1v) is 11.8. The Balaban J connectivity index is 1.61. The van der Waals surface area contributed by atoms with Gasteiger partial charge in [0.25, 0.3) is 0 Å². The Hall–Kier alpha value is -2.25. The van der Waals surface area contributed by atoms with Crippen molar-refractivity contribution in [3.8, 4) is 11.5 Å². The van der Waals surface area contributed by atoms with Crippen LogP contribution in [0, 0.1) is 0 Å². The van der Waals surface area contributed by atoms with E-state index in [1.807, 2.05) is 38.1 Å². The Labute approximate surface area is 193 Å². The van der Waals surface area contributed by atoms with Crippen LogP contribution in [0.15, 0.2) is 40.9 Å². The fraction of sp³-hybridized carbons (Fsp3) is 0.458. The number of rotatable bonds is 9. The predicted octanol–water partition coefficient (Wildman–Crippen LogP) is 4.57. The number of halogens is 1. The van der Waals surface area contributed by atoms with E-state index in [9.17, 15) is 4.79 Å². The lowest BCUT2D eigenvalue weighted by molar-refractivity contribution is -0.115. The normalized spacial score (nSPS) is 14.4. The number of benzene rings is 2. The van der Waals surface area contributed by atoms with Gasteiger partial charge in [-0.3, -0.25) is 4.79 Å². The van der Waals surface area contributed by atoms with E-state index < -0.39 is 0 Å². The number of anilines is 2. The summed E-state index contributed by atoms with van der Waals surface area (Å²) in [5.74, 6) is 1.26. The Kier molecular flexibility index (Phi) is 8.60. The molecule has 168 valence electrons. The zero-order chi connectivity index (χ0) is 22.2. The number of hydrogen-bond acceptors (Lipinski definition) is 5. The van der Waals surface area contributed by atoms with Crippen molar-refractivity contribution in [2.75, 3.05) is 56.2 Å². The van der Waals surface area contributed by atoms with Gasteiger partial charge in [-0.1, -0.05) is 22.9 Å². The van der Waals surface area contributed by atoms with Gasteiger partial charge in [0.2, 0.25) is 5.91 Å². The number of likely N-dealkylation sites (N-methyl/N-ethyl adjacent to an activating group) is 1. The fourth-order valence-corrected chi connectivity index (χ4v) is 4.17. The third-order valence-corrected chi connectivity index (χ3v) is 6.14. The molecule has 7 heteroatoms. The van der Waals surface area contributed by atoms with E-state index in [-0.39, 0.29) is 12.3 Å². The van der Waals surface area contributed by atoms with E-state index in [1.54, 1.807) is 0 Å². The number of amides is 1. The Bertz CT molecular complexity index is 865. The summed E-state index contributed by atoms with van der Waals surface area (Å²) in [6.07, 6.45) is 0.244. The molecule has 0 atom stereocenters. The highest BCUT2D eigenvalue weighted by Crippen LogP contribution is 2.34. The largest absolute Gasteiger partial charge is 0.490 e. The summed E-state index contributed by atoms with van der Waals surface area (Å²) in [6, 6.07) is 11.8. The molecule has 2 aromatic rings. The van der Waals surface area contributed by atoms with Crippen molar-refractivity contribution in [2.24, 2.45) is 0 Å². The SMILES string of the molecule is CCOc1cc(Br)c(CC(=O)Nc2ccc(N3CCN(CC)CC3)cc2)cc1OCC. The number of nitrogens with one attached hydrogen (secondary N) is 1. The molecule has 1 heterocycles. The van der Waals surface area contributed by atoms with Gasteiger partial charge in [-0.05, 0) is 62.4 Å². The molecule has 31 heavy (non-hydrogen) atoms. The molecule has 1 aliphatic heterocycles. The lowest BCUT2D eigenvalue weighted by atomic mass is 10.1. The van der Waals surface area contributed by atoms with Crippen LogP contribution in [0.2, 0.25) is 0 Å². The Morgan fingerprint density at radius 3 is 2.16 bits per heavy atom. The van der Waals surface area contributed by atoms with Crippen LogP contribution in [0.25, 0.3) is 0 Å². The lowest BCUT2D eigenvalue weighted by Gasteiger charge is -2.35. The molecule has 1 fully saturated rings. The molecule has 6 nitrogen and oxygen atoms in total. The molecule has 0 bridgehead atoms. The molecule has 2 aromatic carbocycles. The van der Waals surface area contributed by atoms with Crippen LogP contribution in [0.5, 0.6) is 11.5 Å². The molecule has 0 aromatic heterocycles. The van der Waals surface area contributed by atoms with E-state index in [1.165, 1.54) is 5.69 Å². The minimum absolute atomic E-state index is 0.0726. The second kappa shape index (κ2) is 11.4. The summed E-state index contributed by atoms with van der Waals surface area (Å²) < 4.78 is 12.2. The summed E-state index contributed by atoms with van der Waals surface area (Å²) >= 11 is 3.55. The molecule has 1 amide bonds. The molecule has 1 aliphatic rings. The maximum atomic E-state index is 12.6. The maximum absolute atomic E-state index is 12.6. The Morgan fingerprint density at radius 1 is 0.968 bits per heavy atom. The summed E-state index contributed by atoms with van der Waals surface area (Å²) in [5, 5.41) is 3.00. The standard InChI is InChI=1S/C24H32BrN3O3/c1-4-27-11-13-28(14-12-27)20-9-7-19(8-10-20)26-24(29)16-18-15-22(30-5-2)23(31-6-3)17-21(18)25/h7-10,15,17H,4-6,11-14,16H2,1-3H3,(H,26,29). The number of hydrogen-bond donors (Lipinski definition) is 1. The van der Waals surface area contributed by atoms with E-state index in [0.29, 0.717) is 24.7 Å². The average molecular weight is 490 g/mol. The molecule has 3 rings (SSSR count). The fourth-order valence-electron chi connectivity index (χ4n) is 3.71. The summed E-state index contributed by atoms with van der Waals surface area (Å²) in [4.78, 5) is 17.5. The summed E-state index contributed by atoms with van der Waals surface area (Å²) in [6.45, 7) is 12.5. The first kappa shape index (κ1) is 23.4. The smallest absolute Gasteiger partial charge is 0.228 e. The first-order chi connectivity index (χ1) is 15.0. The average Bonchev–Trinajstić information content (AvgIpc) is 2.78. The van der Waals surface area contributed by atoms with E-state index in [2.05, 4.69) is 50.1 Å².